The molecule has 2 fully saturated rings. The van der Waals surface area contributed by atoms with E-state index in [4.69, 9.17) is 0 Å². The molecule has 0 saturated heterocycles. The Morgan fingerprint density at radius 1 is 1.19 bits per heavy atom. The van der Waals surface area contributed by atoms with Crippen molar-refractivity contribution in [3.8, 4) is 0 Å². The Morgan fingerprint density at radius 3 is 2.57 bits per heavy atom. The molecule has 10 heteroatoms. The van der Waals surface area contributed by atoms with Gasteiger partial charge in [0.2, 0.25) is 5.91 Å². The number of halogens is 3. The van der Waals surface area contributed by atoms with Crippen LogP contribution in [0.3, 0.4) is 0 Å². The summed E-state index contributed by atoms with van der Waals surface area (Å²) in [4.78, 5) is 24.0. The van der Waals surface area contributed by atoms with E-state index in [0.717, 1.165) is 49.4 Å². The molecular weight excluding hydrogens is 501 g/mol. The second-order valence-corrected chi connectivity index (χ2v) is 12.3. The fourth-order valence-corrected chi connectivity index (χ4v) is 7.31. The number of pyridine rings is 1. The van der Waals surface area contributed by atoms with Crippen LogP contribution < -0.4 is 5.32 Å². The summed E-state index contributed by atoms with van der Waals surface area (Å²) in [6, 6.07) is 1.65. The van der Waals surface area contributed by atoms with Gasteiger partial charge in [0.1, 0.15) is 10.6 Å². The van der Waals surface area contributed by atoms with E-state index in [0.29, 0.717) is 37.1 Å². The summed E-state index contributed by atoms with van der Waals surface area (Å²) in [5.74, 6) is 0.172. The number of aromatic nitrogens is 2. The second-order valence-electron chi connectivity index (χ2n) is 11.4. The molecule has 0 aromatic carbocycles. The standard InChI is InChI=1S/C27H35F3N4O2S/c1-17(2)25(24(35)34-11-6-22-18(16-34)13-19(15-32-22)27(28,29)30)7-3-21(14-25)33-20-4-8-26(36,9-5-20)23-31-10-12-37-23/h10,12-13,15,17,20-21,33,36H,3-9,11,14,16H2,1-2H3/t20?,21-,25?,26?/m1/s1. The second kappa shape index (κ2) is 9.93. The molecule has 0 bridgehead atoms. The third-order valence-corrected chi connectivity index (χ3v) is 9.82. The number of alkyl halides is 3. The molecule has 2 aromatic rings. The lowest BCUT2D eigenvalue weighted by molar-refractivity contribution is -0.146. The highest BCUT2D eigenvalue weighted by atomic mass is 32.1. The van der Waals surface area contributed by atoms with Gasteiger partial charge in [-0.2, -0.15) is 13.2 Å². The smallest absolute Gasteiger partial charge is 0.383 e. The molecule has 3 heterocycles. The average Bonchev–Trinajstić information content (AvgIpc) is 3.56. The molecule has 5 rings (SSSR count). The van der Waals surface area contributed by atoms with Crippen LogP contribution in [0.4, 0.5) is 13.2 Å². The zero-order valence-electron chi connectivity index (χ0n) is 21.4. The van der Waals surface area contributed by atoms with Crippen molar-refractivity contribution in [3.63, 3.8) is 0 Å². The third-order valence-electron chi connectivity index (χ3n) is 8.85. The number of hydrogen-bond acceptors (Lipinski definition) is 6. The van der Waals surface area contributed by atoms with Crippen molar-refractivity contribution in [1.82, 2.24) is 20.2 Å². The molecule has 2 atom stereocenters. The molecule has 1 amide bonds. The van der Waals surface area contributed by atoms with E-state index in [1.165, 1.54) is 11.3 Å². The van der Waals surface area contributed by atoms with Gasteiger partial charge in [0.15, 0.2) is 0 Å². The molecule has 2 aromatic heterocycles. The Hall–Kier alpha value is -2.04. The van der Waals surface area contributed by atoms with Gasteiger partial charge in [0.05, 0.1) is 11.0 Å². The Morgan fingerprint density at radius 2 is 1.92 bits per heavy atom. The zero-order chi connectivity index (χ0) is 26.4. The fourth-order valence-electron chi connectivity index (χ4n) is 6.52. The number of carbonyl (C=O) groups is 1. The molecular formula is C27H35F3N4O2S. The summed E-state index contributed by atoms with van der Waals surface area (Å²) in [7, 11) is 0. The van der Waals surface area contributed by atoms with Gasteiger partial charge in [0.25, 0.3) is 0 Å². The van der Waals surface area contributed by atoms with E-state index < -0.39 is 22.8 Å². The van der Waals surface area contributed by atoms with Gasteiger partial charge in [-0.15, -0.1) is 11.3 Å². The maximum atomic E-state index is 13.9. The molecule has 3 aliphatic rings. The van der Waals surface area contributed by atoms with Gasteiger partial charge in [0, 0.05) is 55.1 Å². The summed E-state index contributed by atoms with van der Waals surface area (Å²) in [6.07, 6.45) is 4.06. The van der Waals surface area contributed by atoms with Gasteiger partial charge >= 0.3 is 6.18 Å². The minimum absolute atomic E-state index is 0.0525. The van der Waals surface area contributed by atoms with Crippen LogP contribution in [0.1, 0.15) is 80.6 Å². The van der Waals surface area contributed by atoms with Gasteiger partial charge in [-0.25, -0.2) is 4.98 Å². The largest absolute Gasteiger partial charge is 0.417 e. The van der Waals surface area contributed by atoms with E-state index in [-0.39, 0.29) is 30.5 Å². The van der Waals surface area contributed by atoms with Gasteiger partial charge in [-0.05, 0) is 62.5 Å². The van der Waals surface area contributed by atoms with Crippen molar-refractivity contribution in [2.24, 2.45) is 11.3 Å². The molecule has 0 spiro atoms. The molecule has 2 saturated carbocycles. The highest BCUT2D eigenvalue weighted by Crippen LogP contribution is 2.47. The SMILES string of the molecule is CC(C)C1(C(=O)N2CCc3ncc(C(F)(F)F)cc3C2)CC[C@@H](NC2CCC(O)(c3nccs3)CC2)C1. The van der Waals surface area contributed by atoms with Crippen molar-refractivity contribution in [1.29, 1.82) is 0 Å². The van der Waals surface area contributed by atoms with Crippen molar-refractivity contribution >= 4 is 17.2 Å². The first-order valence-corrected chi connectivity index (χ1v) is 14.1. The number of thiazole rings is 1. The Labute approximate surface area is 219 Å². The lowest BCUT2D eigenvalue weighted by Crippen LogP contribution is -2.49. The maximum absolute atomic E-state index is 13.9. The predicted molar refractivity (Wildman–Crippen MR) is 135 cm³/mol. The summed E-state index contributed by atoms with van der Waals surface area (Å²) in [5.41, 5.74) is -0.989. The molecule has 1 aliphatic heterocycles. The van der Waals surface area contributed by atoms with Crippen LogP contribution in [0.15, 0.2) is 23.8 Å². The summed E-state index contributed by atoms with van der Waals surface area (Å²) in [5, 5.41) is 17.5. The normalized spacial score (nSPS) is 30.5. The summed E-state index contributed by atoms with van der Waals surface area (Å²) in [6.45, 7) is 4.82. The zero-order valence-corrected chi connectivity index (χ0v) is 22.2. The molecule has 2 N–H and O–H groups in total. The van der Waals surface area contributed by atoms with Gasteiger partial charge in [-0.3, -0.25) is 9.78 Å². The summed E-state index contributed by atoms with van der Waals surface area (Å²) >= 11 is 1.50. The average molecular weight is 537 g/mol. The van der Waals surface area contributed by atoms with Gasteiger partial charge < -0.3 is 15.3 Å². The number of nitrogens with one attached hydrogen (secondary N) is 1. The van der Waals surface area contributed by atoms with Crippen LogP contribution in [-0.2, 0) is 29.5 Å². The number of fused-ring (bicyclic) bond motifs is 1. The highest BCUT2D eigenvalue weighted by molar-refractivity contribution is 7.09. The van der Waals surface area contributed by atoms with Crippen LogP contribution in [0.2, 0.25) is 0 Å². The Kier molecular flexibility index (Phi) is 7.13. The van der Waals surface area contributed by atoms with Crippen LogP contribution >= 0.6 is 11.3 Å². The number of rotatable bonds is 5. The molecule has 2 aliphatic carbocycles. The monoisotopic (exact) mass is 536 g/mol. The number of nitrogens with zero attached hydrogens (tertiary/aromatic N) is 3. The highest BCUT2D eigenvalue weighted by Gasteiger charge is 2.50. The molecule has 37 heavy (non-hydrogen) atoms. The van der Waals surface area contributed by atoms with E-state index in [1.807, 2.05) is 5.38 Å². The van der Waals surface area contributed by atoms with E-state index in [1.54, 1.807) is 11.1 Å². The van der Waals surface area contributed by atoms with E-state index in [9.17, 15) is 23.1 Å². The lowest BCUT2D eigenvalue weighted by atomic mass is 9.73. The quantitative estimate of drug-likeness (QED) is 0.559. The number of amides is 1. The van der Waals surface area contributed by atoms with Crippen molar-refractivity contribution in [2.45, 2.75) is 95.6 Å². The summed E-state index contributed by atoms with van der Waals surface area (Å²) < 4.78 is 39.7. The Bertz CT molecular complexity index is 1120. The van der Waals surface area contributed by atoms with Crippen molar-refractivity contribution in [2.75, 3.05) is 6.54 Å². The van der Waals surface area contributed by atoms with Crippen molar-refractivity contribution < 1.29 is 23.1 Å². The fraction of sp³-hybridized carbons (Fsp3) is 0.667. The topological polar surface area (TPSA) is 78.4 Å². The first kappa shape index (κ1) is 26.6. The third kappa shape index (κ3) is 5.16. The van der Waals surface area contributed by atoms with E-state index in [2.05, 4.69) is 29.1 Å². The predicted octanol–water partition coefficient (Wildman–Crippen LogP) is 5.06. The van der Waals surface area contributed by atoms with Crippen molar-refractivity contribution in [3.05, 3.63) is 45.7 Å². The minimum Gasteiger partial charge on any atom is -0.383 e. The number of hydrogen-bond donors (Lipinski definition) is 2. The number of carbonyl (C=O) groups excluding carboxylic acids is 1. The van der Waals surface area contributed by atoms with Gasteiger partial charge in [-0.1, -0.05) is 13.8 Å². The number of aliphatic hydroxyl groups is 1. The first-order chi connectivity index (χ1) is 17.5. The first-order valence-electron chi connectivity index (χ1n) is 13.2. The lowest BCUT2D eigenvalue weighted by Gasteiger charge is -2.40. The molecule has 6 nitrogen and oxygen atoms in total. The molecule has 0 radical (unpaired) electrons. The van der Waals surface area contributed by atoms with Crippen LogP contribution in [0.25, 0.3) is 0 Å². The van der Waals surface area contributed by atoms with E-state index >= 15 is 0 Å². The minimum atomic E-state index is -4.45. The Balaban J connectivity index is 1.23. The molecule has 202 valence electrons. The molecule has 1 unspecified atom stereocenters. The maximum Gasteiger partial charge on any atom is 0.417 e. The van der Waals surface area contributed by atoms with Crippen LogP contribution in [0, 0.1) is 11.3 Å². The van der Waals surface area contributed by atoms with Crippen LogP contribution in [-0.4, -0.2) is 44.5 Å². The van der Waals surface area contributed by atoms with Crippen LogP contribution in [0.5, 0.6) is 0 Å².